The van der Waals surface area contributed by atoms with E-state index in [2.05, 4.69) is 49.0 Å². The van der Waals surface area contributed by atoms with Gasteiger partial charge in [-0.3, -0.25) is 4.79 Å². The van der Waals surface area contributed by atoms with Gasteiger partial charge in [0, 0.05) is 0 Å². The van der Waals surface area contributed by atoms with Crippen LogP contribution < -0.4 is 0 Å². The topological polar surface area (TPSA) is 26.3 Å². The molecule has 0 N–H and O–H groups in total. The highest BCUT2D eigenvalue weighted by molar-refractivity contribution is 7.80. The number of carbonyl (C=O) groups is 1. The standard InChI is InChI=1S/C18H20O2S/c1-13(18(19)20-2)15-6-8-16(9-7-15)17-5-3-4-14(12-17)10-11-21/h3-9,12-13,21H,10-11H2,1-2H3. The van der Waals surface area contributed by atoms with Crippen molar-refractivity contribution in [3.8, 4) is 11.1 Å². The second-order valence-corrected chi connectivity index (χ2v) is 5.49. The number of esters is 1. The van der Waals surface area contributed by atoms with Gasteiger partial charge in [-0.05, 0) is 41.4 Å². The minimum absolute atomic E-state index is 0.210. The summed E-state index contributed by atoms with van der Waals surface area (Å²) in [6.45, 7) is 1.86. The van der Waals surface area contributed by atoms with Crippen LogP contribution in [0.3, 0.4) is 0 Å². The summed E-state index contributed by atoms with van der Waals surface area (Å²) in [5.74, 6) is 0.400. The van der Waals surface area contributed by atoms with Crippen molar-refractivity contribution in [2.24, 2.45) is 0 Å². The van der Waals surface area contributed by atoms with Gasteiger partial charge in [-0.15, -0.1) is 0 Å². The first-order chi connectivity index (χ1) is 10.2. The van der Waals surface area contributed by atoms with Crippen molar-refractivity contribution >= 4 is 18.6 Å². The van der Waals surface area contributed by atoms with Crippen molar-refractivity contribution in [3.63, 3.8) is 0 Å². The van der Waals surface area contributed by atoms with Gasteiger partial charge >= 0.3 is 5.97 Å². The second kappa shape index (κ2) is 7.32. The lowest BCUT2D eigenvalue weighted by Crippen LogP contribution is -2.10. The Morgan fingerprint density at radius 2 is 1.86 bits per heavy atom. The van der Waals surface area contributed by atoms with E-state index in [1.54, 1.807) is 0 Å². The molecule has 3 heteroatoms. The Morgan fingerprint density at radius 3 is 2.48 bits per heavy atom. The van der Waals surface area contributed by atoms with Crippen molar-refractivity contribution in [2.45, 2.75) is 19.3 Å². The summed E-state index contributed by atoms with van der Waals surface area (Å²) >= 11 is 4.27. The summed E-state index contributed by atoms with van der Waals surface area (Å²) in [5.41, 5.74) is 4.59. The third-order valence-electron chi connectivity index (χ3n) is 3.63. The molecule has 0 aliphatic rings. The van der Waals surface area contributed by atoms with Crippen LogP contribution in [0.25, 0.3) is 11.1 Å². The largest absolute Gasteiger partial charge is 0.469 e. The van der Waals surface area contributed by atoms with Gasteiger partial charge in [0.2, 0.25) is 0 Å². The summed E-state index contributed by atoms with van der Waals surface area (Å²) in [7, 11) is 1.42. The lowest BCUT2D eigenvalue weighted by atomic mass is 9.96. The van der Waals surface area contributed by atoms with Crippen molar-refractivity contribution in [1.82, 2.24) is 0 Å². The van der Waals surface area contributed by atoms with E-state index in [-0.39, 0.29) is 11.9 Å². The molecule has 0 heterocycles. The molecule has 0 aromatic heterocycles. The van der Waals surface area contributed by atoms with Crippen LogP contribution in [-0.4, -0.2) is 18.8 Å². The van der Waals surface area contributed by atoms with Gasteiger partial charge in [-0.25, -0.2) is 0 Å². The first-order valence-corrected chi connectivity index (χ1v) is 7.67. The normalized spacial score (nSPS) is 12.0. The van der Waals surface area contributed by atoms with E-state index in [4.69, 9.17) is 4.74 Å². The van der Waals surface area contributed by atoms with E-state index in [1.165, 1.54) is 18.2 Å². The average molecular weight is 300 g/mol. The number of hydrogen-bond donors (Lipinski definition) is 1. The highest BCUT2D eigenvalue weighted by atomic mass is 32.1. The van der Waals surface area contributed by atoms with Crippen molar-refractivity contribution in [3.05, 3.63) is 59.7 Å². The Hall–Kier alpha value is -1.74. The lowest BCUT2D eigenvalue weighted by Gasteiger charge is -2.11. The Bertz CT molecular complexity index is 605. The number of methoxy groups -OCH3 is 1. The second-order valence-electron chi connectivity index (χ2n) is 5.04. The molecular weight excluding hydrogens is 280 g/mol. The molecule has 0 amide bonds. The number of carbonyl (C=O) groups excluding carboxylic acids is 1. The van der Waals surface area contributed by atoms with E-state index >= 15 is 0 Å². The van der Waals surface area contributed by atoms with Crippen LogP contribution in [0.1, 0.15) is 24.0 Å². The maximum absolute atomic E-state index is 11.6. The van der Waals surface area contributed by atoms with Crippen LogP contribution in [0.15, 0.2) is 48.5 Å². The Kier molecular flexibility index (Phi) is 5.45. The third-order valence-corrected chi connectivity index (χ3v) is 3.85. The van der Waals surface area contributed by atoms with Gasteiger partial charge in [-0.2, -0.15) is 12.6 Å². The summed E-state index contributed by atoms with van der Waals surface area (Å²) in [6.07, 6.45) is 0.967. The van der Waals surface area contributed by atoms with Gasteiger partial charge in [-0.1, -0.05) is 48.5 Å². The van der Waals surface area contributed by atoms with Crippen LogP contribution in [0.2, 0.25) is 0 Å². The van der Waals surface area contributed by atoms with Gasteiger partial charge in [0.05, 0.1) is 13.0 Å². The maximum atomic E-state index is 11.6. The molecule has 0 fully saturated rings. The number of aryl methyl sites for hydroxylation is 1. The summed E-state index contributed by atoms with van der Waals surface area (Å²) in [6, 6.07) is 16.6. The molecule has 0 saturated carbocycles. The zero-order valence-electron chi connectivity index (χ0n) is 12.4. The van der Waals surface area contributed by atoms with Crippen LogP contribution in [0.5, 0.6) is 0 Å². The van der Waals surface area contributed by atoms with E-state index in [0.29, 0.717) is 0 Å². The molecule has 2 aromatic carbocycles. The summed E-state index contributed by atoms with van der Waals surface area (Å²) < 4.78 is 4.78. The monoisotopic (exact) mass is 300 g/mol. The Balaban J connectivity index is 2.22. The van der Waals surface area contributed by atoms with E-state index < -0.39 is 0 Å². The highest BCUT2D eigenvalue weighted by Gasteiger charge is 2.15. The molecule has 110 valence electrons. The number of thiol groups is 1. The van der Waals surface area contributed by atoms with Gasteiger partial charge in [0.25, 0.3) is 0 Å². The summed E-state index contributed by atoms with van der Waals surface area (Å²) in [4.78, 5) is 11.6. The quantitative estimate of drug-likeness (QED) is 0.664. The Morgan fingerprint density at radius 1 is 1.14 bits per heavy atom. The van der Waals surface area contributed by atoms with Crippen LogP contribution >= 0.6 is 12.6 Å². The smallest absolute Gasteiger partial charge is 0.312 e. The molecule has 0 aliphatic carbocycles. The molecule has 0 radical (unpaired) electrons. The molecule has 1 unspecified atom stereocenters. The van der Waals surface area contributed by atoms with Crippen molar-refractivity contribution in [1.29, 1.82) is 0 Å². The molecule has 2 aromatic rings. The van der Waals surface area contributed by atoms with Gasteiger partial charge < -0.3 is 4.74 Å². The van der Waals surface area contributed by atoms with E-state index in [9.17, 15) is 4.79 Å². The molecule has 0 saturated heterocycles. The molecule has 1 atom stereocenters. The van der Waals surface area contributed by atoms with Gasteiger partial charge in [0.1, 0.15) is 0 Å². The van der Waals surface area contributed by atoms with Crippen LogP contribution in [0.4, 0.5) is 0 Å². The number of ether oxygens (including phenoxy) is 1. The zero-order chi connectivity index (χ0) is 15.2. The molecule has 0 spiro atoms. The SMILES string of the molecule is COC(=O)C(C)c1ccc(-c2cccc(CCS)c2)cc1. The minimum Gasteiger partial charge on any atom is -0.469 e. The predicted octanol–water partition coefficient (Wildman–Crippen LogP) is 4.10. The molecule has 21 heavy (non-hydrogen) atoms. The van der Waals surface area contributed by atoms with E-state index in [0.717, 1.165) is 23.3 Å². The van der Waals surface area contributed by atoms with Crippen molar-refractivity contribution < 1.29 is 9.53 Å². The molecule has 2 rings (SSSR count). The number of rotatable bonds is 5. The maximum Gasteiger partial charge on any atom is 0.312 e. The van der Waals surface area contributed by atoms with Crippen LogP contribution in [-0.2, 0) is 16.0 Å². The lowest BCUT2D eigenvalue weighted by molar-refractivity contribution is -0.141. The first kappa shape index (κ1) is 15.6. The predicted molar refractivity (Wildman–Crippen MR) is 89.9 cm³/mol. The Labute approximate surface area is 131 Å². The molecule has 0 aliphatic heterocycles. The minimum atomic E-state index is -0.237. The fourth-order valence-electron chi connectivity index (χ4n) is 2.31. The van der Waals surface area contributed by atoms with Crippen molar-refractivity contribution in [2.75, 3.05) is 12.9 Å². The fourth-order valence-corrected chi connectivity index (χ4v) is 2.57. The molecular formula is C18H20O2S. The fraction of sp³-hybridized carbons (Fsp3) is 0.278. The van der Waals surface area contributed by atoms with Gasteiger partial charge in [0.15, 0.2) is 0 Å². The zero-order valence-corrected chi connectivity index (χ0v) is 13.3. The first-order valence-electron chi connectivity index (χ1n) is 7.03. The average Bonchev–Trinajstić information content (AvgIpc) is 2.54. The summed E-state index contributed by atoms with van der Waals surface area (Å²) in [5, 5.41) is 0. The number of benzene rings is 2. The molecule has 2 nitrogen and oxygen atoms in total. The highest BCUT2D eigenvalue weighted by Crippen LogP contribution is 2.24. The van der Waals surface area contributed by atoms with Crippen LogP contribution in [0, 0.1) is 0 Å². The van der Waals surface area contributed by atoms with E-state index in [1.807, 2.05) is 19.1 Å². The molecule has 0 bridgehead atoms. The third kappa shape index (κ3) is 3.88. The number of hydrogen-bond acceptors (Lipinski definition) is 3.